The van der Waals surface area contributed by atoms with Crippen LogP contribution in [0.4, 0.5) is 0 Å². The van der Waals surface area contributed by atoms with Crippen molar-refractivity contribution in [2.45, 2.75) is 31.9 Å². The molecule has 0 aromatic carbocycles. The van der Waals surface area contributed by atoms with E-state index in [2.05, 4.69) is 15.1 Å². The van der Waals surface area contributed by atoms with Crippen LogP contribution in [0.3, 0.4) is 0 Å². The topological polar surface area (TPSA) is 81.3 Å². The summed E-state index contributed by atoms with van der Waals surface area (Å²) in [6.45, 7) is 0.828. The van der Waals surface area contributed by atoms with Crippen LogP contribution < -0.4 is 4.74 Å². The second kappa shape index (κ2) is 8.06. The van der Waals surface area contributed by atoms with Crippen molar-refractivity contribution in [1.82, 2.24) is 20.0 Å². The van der Waals surface area contributed by atoms with Crippen LogP contribution in [0, 0.1) is 0 Å². The quantitative estimate of drug-likeness (QED) is 0.636. The van der Waals surface area contributed by atoms with Gasteiger partial charge in [-0.25, -0.2) is 4.98 Å². The minimum absolute atomic E-state index is 0.000171. The van der Waals surface area contributed by atoms with E-state index in [-0.39, 0.29) is 24.2 Å². The average molecular weight is 405 g/mol. The lowest BCUT2D eigenvalue weighted by Gasteiger charge is -2.33. The number of halogens is 1. The second-order valence-electron chi connectivity index (χ2n) is 6.19. The van der Waals surface area contributed by atoms with E-state index in [0.717, 1.165) is 24.3 Å². The fraction of sp³-hybridized carbons (Fsp3) is 0.333. The minimum Gasteiger partial charge on any atom is -0.484 e. The molecule has 1 atom stereocenters. The molecule has 0 aliphatic carbocycles. The Hall–Kier alpha value is -2.45. The van der Waals surface area contributed by atoms with Crippen LogP contribution in [-0.2, 0) is 6.61 Å². The van der Waals surface area contributed by atoms with Crippen LogP contribution in [0.25, 0.3) is 0 Å². The number of ether oxygens (including phenoxy) is 1. The molecule has 4 heterocycles. The molecule has 3 aromatic rings. The molecule has 1 unspecified atom stereocenters. The number of likely N-dealkylation sites (tertiary alicyclic amines) is 1. The fourth-order valence-electron chi connectivity index (χ4n) is 3.09. The predicted octanol–water partition coefficient (Wildman–Crippen LogP) is 4.13. The van der Waals surface area contributed by atoms with E-state index < -0.39 is 0 Å². The van der Waals surface area contributed by atoms with E-state index in [0.29, 0.717) is 23.1 Å². The standard InChI is InChI=1S/C18H17ClN4O3S/c19-12-7-13(10-20-9-12)25-11-14-8-15(22-26-14)18(24)23-5-2-1-3-16(23)17-21-4-6-27-17/h4,6-10,16H,1-3,5,11H2. The van der Waals surface area contributed by atoms with Gasteiger partial charge in [0.1, 0.15) is 17.4 Å². The zero-order valence-electron chi connectivity index (χ0n) is 14.4. The third-order valence-electron chi connectivity index (χ3n) is 4.34. The van der Waals surface area contributed by atoms with Gasteiger partial charge in [-0.15, -0.1) is 11.3 Å². The minimum atomic E-state index is -0.144. The molecule has 0 spiro atoms. The monoisotopic (exact) mass is 404 g/mol. The molecule has 1 saturated heterocycles. The number of carbonyl (C=O) groups excluding carboxylic acids is 1. The number of hydrogen-bond acceptors (Lipinski definition) is 7. The van der Waals surface area contributed by atoms with Crippen molar-refractivity contribution in [3.8, 4) is 5.75 Å². The number of aromatic nitrogens is 3. The summed E-state index contributed by atoms with van der Waals surface area (Å²) < 4.78 is 10.8. The SMILES string of the molecule is O=C(c1cc(COc2cncc(Cl)c2)on1)N1CCCCC1c1nccs1. The lowest BCUT2D eigenvalue weighted by molar-refractivity contribution is 0.0600. The molecule has 3 aromatic heterocycles. The number of piperidine rings is 1. The van der Waals surface area contributed by atoms with Crippen LogP contribution in [0.2, 0.25) is 5.02 Å². The first-order valence-corrected chi connectivity index (χ1v) is 9.86. The number of amides is 1. The highest BCUT2D eigenvalue weighted by Crippen LogP contribution is 2.33. The third kappa shape index (κ3) is 4.12. The smallest absolute Gasteiger partial charge is 0.276 e. The molecule has 9 heteroatoms. The van der Waals surface area contributed by atoms with Crippen molar-refractivity contribution in [1.29, 1.82) is 0 Å². The van der Waals surface area contributed by atoms with Crippen LogP contribution in [0.1, 0.15) is 46.6 Å². The first kappa shape index (κ1) is 17.9. The summed E-state index contributed by atoms with van der Waals surface area (Å²) >= 11 is 7.45. The van der Waals surface area contributed by atoms with Gasteiger partial charge in [0.2, 0.25) is 0 Å². The number of rotatable bonds is 5. The van der Waals surface area contributed by atoms with E-state index in [1.54, 1.807) is 35.9 Å². The Morgan fingerprint density at radius 2 is 2.30 bits per heavy atom. The molecule has 0 radical (unpaired) electrons. The molecule has 4 rings (SSSR count). The highest BCUT2D eigenvalue weighted by atomic mass is 35.5. The van der Waals surface area contributed by atoms with Gasteiger partial charge in [-0.05, 0) is 19.3 Å². The summed E-state index contributed by atoms with van der Waals surface area (Å²) in [7, 11) is 0. The molecule has 0 saturated carbocycles. The van der Waals surface area contributed by atoms with E-state index in [9.17, 15) is 4.79 Å². The number of nitrogens with zero attached hydrogens (tertiary/aromatic N) is 4. The van der Waals surface area contributed by atoms with Gasteiger partial charge < -0.3 is 14.2 Å². The molecule has 1 fully saturated rings. The predicted molar refractivity (Wildman–Crippen MR) is 99.8 cm³/mol. The molecular formula is C18H17ClN4O3S. The van der Waals surface area contributed by atoms with Crippen molar-refractivity contribution in [3.05, 3.63) is 57.6 Å². The van der Waals surface area contributed by atoms with Crippen LogP contribution >= 0.6 is 22.9 Å². The highest BCUT2D eigenvalue weighted by Gasteiger charge is 2.31. The largest absolute Gasteiger partial charge is 0.484 e. The van der Waals surface area contributed by atoms with Gasteiger partial charge in [0.05, 0.1) is 17.3 Å². The Labute approximate surface area is 164 Å². The highest BCUT2D eigenvalue weighted by molar-refractivity contribution is 7.09. The number of thiazole rings is 1. The molecule has 0 bridgehead atoms. The lowest BCUT2D eigenvalue weighted by atomic mass is 10.0. The van der Waals surface area contributed by atoms with Crippen molar-refractivity contribution >= 4 is 28.8 Å². The van der Waals surface area contributed by atoms with E-state index in [1.807, 2.05) is 10.3 Å². The van der Waals surface area contributed by atoms with E-state index in [1.165, 1.54) is 6.20 Å². The summed E-state index contributed by atoms with van der Waals surface area (Å²) in [5.74, 6) is 0.835. The van der Waals surface area contributed by atoms with Crippen molar-refractivity contribution < 1.29 is 14.1 Å². The fourth-order valence-corrected chi connectivity index (χ4v) is 4.03. The van der Waals surface area contributed by atoms with Gasteiger partial charge in [-0.3, -0.25) is 9.78 Å². The molecular weight excluding hydrogens is 388 g/mol. The maximum absolute atomic E-state index is 12.9. The normalized spacial score (nSPS) is 17.1. The van der Waals surface area contributed by atoms with E-state index in [4.69, 9.17) is 20.9 Å². The molecule has 27 heavy (non-hydrogen) atoms. The second-order valence-corrected chi connectivity index (χ2v) is 7.55. The van der Waals surface area contributed by atoms with Gasteiger partial charge >= 0.3 is 0 Å². The summed E-state index contributed by atoms with van der Waals surface area (Å²) in [4.78, 5) is 23.1. The van der Waals surface area contributed by atoms with Gasteiger partial charge in [0.25, 0.3) is 5.91 Å². The first-order valence-electron chi connectivity index (χ1n) is 8.60. The Kier molecular flexibility index (Phi) is 5.35. The number of carbonyl (C=O) groups is 1. The Morgan fingerprint density at radius 3 is 3.11 bits per heavy atom. The molecule has 1 aliphatic heterocycles. The maximum Gasteiger partial charge on any atom is 0.276 e. The average Bonchev–Trinajstić information content (AvgIpc) is 3.38. The number of pyridine rings is 1. The molecule has 140 valence electrons. The Balaban J connectivity index is 1.44. The van der Waals surface area contributed by atoms with E-state index >= 15 is 0 Å². The maximum atomic E-state index is 12.9. The summed E-state index contributed by atoms with van der Waals surface area (Å²) in [6.07, 6.45) is 7.82. The van der Waals surface area contributed by atoms with Crippen LogP contribution in [0.5, 0.6) is 5.75 Å². The zero-order chi connectivity index (χ0) is 18.6. The van der Waals surface area contributed by atoms with Crippen molar-refractivity contribution in [2.24, 2.45) is 0 Å². The van der Waals surface area contributed by atoms with Crippen LogP contribution in [0.15, 0.2) is 40.6 Å². The Morgan fingerprint density at radius 1 is 1.37 bits per heavy atom. The molecule has 1 aliphatic rings. The lowest BCUT2D eigenvalue weighted by Crippen LogP contribution is -2.38. The summed E-state index contributed by atoms with van der Waals surface area (Å²) in [5, 5.41) is 7.31. The Bertz CT molecular complexity index is 915. The summed E-state index contributed by atoms with van der Waals surface area (Å²) in [6, 6.07) is 3.28. The van der Waals surface area contributed by atoms with Gasteiger partial charge in [0, 0.05) is 36.5 Å². The van der Waals surface area contributed by atoms with Gasteiger partial charge in [0.15, 0.2) is 11.5 Å². The van der Waals surface area contributed by atoms with Crippen molar-refractivity contribution in [2.75, 3.05) is 6.54 Å². The summed E-state index contributed by atoms with van der Waals surface area (Å²) in [5.41, 5.74) is 0.279. The molecule has 0 N–H and O–H groups in total. The van der Waals surface area contributed by atoms with Crippen molar-refractivity contribution in [3.63, 3.8) is 0 Å². The first-order chi connectivity index (χ1) is 13.2. The van der Waals surface area contributed by atoms with Gasteiger partial charge in [-0.2, -0.15) is 0 Å². The third-order valence-corrected chi connectivity index (χ3v) is 5.42. The molecule has 1 amide bonds. The van der Waals surface area contributed by atoms with Gasteiger partial charge in [-0.1, -0.05) is 16.8 Å². The van der Waals surface area contributed by atoms with Crippen LogP contribution in [-0.4, -0.2) is 32.5 Å². The number of hydrogen-bond donors (Lipinski definition) is 0. The molecule has 7 nitrogen and oxygen atoms in total. The zero-order valence-corrected chi connectivity index (χ0v) is 15.9.